The lowest BCUT2D eigenvalue weighted by Gasteiger charge is -2.21. The first-order chi connectivity index (χ1) is 12.2. The molecule has 1 amide bonds. The van der Waals surface area contributed by atoms with Crippen molar-refractivity contribution in [2.75, 3.05) is 25.0 Å². The highest BCUT2D eigenvalue weighted by Gasteiger charge is 2.19. The normalized spacial score (nSPS) is 17.8. The van der Waals surface area contributed by atoms with Crippen molar-refractivity contribution in [2.45, 2.75) is 32.6 Å². The molecule has 0 aliphatic carbocycles. The summed E-state index contributed by atoms with van der Waals surface area (Å²) in [6.45, 7) is 3.99. The number of nitrogens with one attached hydrogen (secondary N) is 1. The number of nitrogens with zero attached hydrogens (tertiary/aromatic N) is 5. The van der Waals surface area contributed by atoms with Crippen molar-refractivity contribution in [2.24, 2.45) is 5.92 Å². The van der Waals surface area contributed by atoms with E-state index >= 15 is 0 Å². The molecule has 2 aromatic heterocycles. The van der Waals surface area contributed by atoms with Gasteiger partial charge in [-0.25, -0.2) is 19.9 Å². The Bertz CT molecular complexity index is 735. The maximum Gasteiger partial charge on any atom is 0.269 e. The van der Waals surface area contributed by atoms with Gasteiger partial charge in [-0.15, -0.1) is 0 Å². The Kier molecular flexibility index (Phi) is 5.53. The molecule has 0 saturated carbocycles. The van der Waals surface area contributed by atoms with Crippen LogP contribution >= 0.6 is 0 Å². The molecular formula is C18H24N6O. The van der Waals surface area contributed by atoms with Gasteiger partial charge in [-0.05, 0) is 44.6 Å². The predicted molar refractivity (Wildman–Crippen MR) is 95.4 cm³/mol. The molecule has 0 aromatic carbocycles. The first-order valence-corrected chi connectivity index (χ1v) is 8.72. The summed E-state index contributed by atoms with van der Waals surface area (Å²) in [5, 5.41) is 2.60. The molecule has 1 aliphatic heterocycles. The third-order valence-electron chi connectivity index (χ3n) is 4.64. The fourth-order valence-corrected chi connectivity index (χ4v) is 3.27. The lowest BCUT2D eigenvalue weighted by Crippen LogP contribution is -2.25. The van der Waals surface area contributed by atoms with Crippen molar-refractivity contribution >= 4 is 11.7 Å². The molecule has 1 N–H and O–H groups in total. The minimum atomic E-state index is -0.171. The van der Waals surface area contributed by atoms with Crippen molar-refractivity contribution < 1.29 is 4.79 Å². The maximum absolute atomic E-state index is 11.7. The van der Waals surface area contributed by atoms with Crippen LogP contribution in [-0.4, -0.2) is 46.0 Å². The molecule has 1 aliphatic rings. The molecule has 0 bridgehead atoms. The van der Waals surface area contributed by atoms with Crippen molar-refractivity contribution in [3.63, 3.8) is 0 Å². The molecule has 1 saturated heterocycles. The zero-order chi connectivity index (χ0) is 17.6. The molecule has 2 aromatic rings. The van der Waals surface area contributed by atoms with Gasteiger partial charge in [0.15, 0.2) is 0 Å². The van der Waals surface area contributed by atoms with Crippen LogP contribution in [0.1, 0.15) is 41.1 Å². The maximum atomic E-state index is 11.7. The molecule has 132 valence electrons. The number of aromatic nitrogens is 4. The highest BCUT2D eigenvalue weighted by atomic mass is 16.1. The second-order valence-corrected chi connectivity index (χ2v) is 6.48. The summed E-state index contributed by atoms with van der Waals surface area (Å²) in [5.74, 6) is 1.40. The summed E-state index contributed by atoms with van der Waals surface area (Å²) < 4.78 is 0. The van der Waals surface area contributed by atoms with Gasteiger partial charge in [-0.3, -0.25) is 4.79 Å². The second-order valence-electron chi connectivity index (χ2n) is 6.48. The molecule has 25 heavy (non-hydrogen) atoms. The van der Waals surface area contributed by atoms with E-state index in [2.05, 4.69) is 30.2 Å². The standard InChI is InChI=1S/C18H24N6O/c1-13-8-17(23-11-20-13)24-6-3-4-14(5-7-24)9-15-10-16(18(25)19-2)22-12-21-15/h8,10-12,14H,3-7,9H2,1-2H3,(H,19,25)/t14-/m1/s1. The van der Waals surface area contributed by atoms with Crippen molar-refractivity contribution in [3.05, 3.63) is 41.9 Å². The van der Waals surface area contributed by atoms with Gasteiger partial charge < -0.3 is 10.2 Å². The van der Waals surface area contributed by atoms with Gasteiger partial charge in [0, 0.05) is 37.6 Å². The summed E-state index contributed by atoms with van der Waals surface area (Å²) in [4.78, 5) is 31.0. The molecule has 3 heterocycles. The largest absolute Gasteiger partial charge is 0.357 e. The molecular weight excluding hydrogens is 316 g/mol. The number of carbonyl (C=O) groups excluding carboxylic acids is 1. The third-order valence-corrected chi connectivity index (χ3v) is 4.64. The van der Waals surface area contributed by atoms with Crippen LogP contribution in [0.4, 0.5) is 5.82 Å². The predicted octanol–water partition coefficient (Wildman–Crippen LogP) is 1.78. The van der Waals surface area contributed by atoms with Crippen LogP contribution in [0, 0.1) is 12.8 Å². The van der Waals surface area contributed by atoms with Crippen LogP contribution in [0.15, 0.2) is 24.8 Å². The minimum absolute atomic E-state index is 0.171. The lowest BCUT2D eigenvalue weighted by atomic mass is 9.95. The van der Waals surface area contributed by atoms with E-state index in [-0.39, 0.29) is 5.91 Å². The second kappa shape index (κ2) is 8.00. The average molecular weight is 340 g/mol. The quantitative estimate of drug-likeness (QED) is 0.913. The van der Waals surface area contributed by atoms with Crippen LogP contribution < -0.4 is 10.2 Å². The van der Waals surface area contributed by atoms with Gasteiger partial charge in [0.1, 0.15) is 24.2 Å². The molecule has 7 nitrogen and oxygen atoms in total. The number of anilines is 1. The van der Waals surface area contributed by atoms with Gasteiger partial charge in [0.05, 0.1) is 0 Å². The fourth-order valence-electron chi connectivity index (χ4n) is 3.27. The Morgan fingerprint density at radius 2 is 2.00 bits per heavy atom. The summed E-state index contributed by atoms with van der Waals surface area (Å²) in [6, 6.07) is 3.84. The van der Waals surface area contributed by atoms with E-state index in [9.17, 15) is 4.79 Å². The zero-order valence-electron chi connectivity index (χ0n) is 14.8. The zero-order valence-corrected chi connectivity index (χ0v) is 14.8. The molecule has 3 rings (SSSR count). The highest BCUT2D eigenvalue weighted by Crippen LogP contribution is 2.24. The van der Waals surface area contributed by atoms with Gasteiger partial charge in [-0.1, -0.05) is 0 Å². The first-order valence-electron chi connectivity index (χ1n) is 8.72. The number of amides is 1. The number of aryl methyl sites for hydroxylation is 1. The van der Waals surface area contributed by atoms with E-state index < -0.39 is 0 Å². The van der Waals surface area contributed by atoms with Gasteiger partial charge in [0.25, 0.3) is 5.91 Å². The van der Waals surface area contributed by atoms with Crippen LogP contribution in [0.2, 0.25) is 0 Å². The number of hydrogen-bond acceptors (Lipinski definition) is 6. The molecule has 1 fully saturated rings. The molecule has 0 unspecified atom stereocenters. The van der Waals surface area contributed by atoms with E-state index in [4.69, 9.17) is 0 Å². The molecule has 1 atom stereocenters. The topological polar surface area (TPSA) is 83.9 Å². The van der Waals surface area contributed by atoms with Crippen LogP contribution in [-0.2, 0) is 6.42 Å². The summed E-state index contributed by atoms with van der Waals surface area (Å²) in [7, 11) is 1.61. The summed E-state index contributed by atoms with van der Waals surface area (Å²) in [6.07, 6.45) is 7.35. The van der Waals surface area contributed by atoms with E-state index in [0.29, 0.717) is 11.6 Å². The molecule has 0 radical (unpaired) electrons. The number of hydrogen-bond donors (Lipinski definition) is 1. The molecule has 0 spiro atoms. The Morgan fingerprint density at radius 3 is 2.80 bits per heavy atom. The third kappa shape index (κ3) is 4.49. The lowest BCUT2D eigenvalue weighted by molar-refractivity contribution is 0.0958. The first kappa shape index (κ1) is 17.3. The monoisotopic (exact) mass is 340 g/mol. The number of rotatable bonds is 4. The summed E-state index contributed by atoms with van der Waals surface area (Å²) in [5.41, 5.74) is 2.36. The van der Waals surface area contributed by atoms with E-state index in [1.54, 1.807) is 19.4 Å². The smallest absolute Gasteiger partial charge is 0.269 e. The van der Waals surface area contributed by atoms with Crippen molar-refractivity contribution in [1.29, 1.82) is 0 Å². The SMILES string of the molecule is CNC(=O)c1cc(C[C@@H]2CCCN(c3cc(C)ncn3)CC2)ncn1. The van der Waals surface area contributed by atoms with Crippen molar-refractivity contribution in [1.82, 2.24) is 25.3 Å². The van der Waals surface area contributed by atoms with E-state index in [0.717, 1.165) is 56.0 Å². The van der Waals surface area contributed by atoms with Gasteiger partial charge in [-0.2, -0.15) is 0 Å². The van der Waals surface area contributed by atoms with Crippen LogP contribution in [0.5, 0.6) is 0 Å². The Labute approximate surface area is 147 Å². The van der Waals surface area contributed by atoms with E-state index in [1.807, 2.05) is 13.0 Å². The molecule has 7 heteroatoms. The Hall–Kier alpha value is -2.57. The Morgan fingerprint density at radius 1 is 1.16 bits per heavy atom. The van der Waals surface area contributed by atoms with Crippen LogP contribution in [0.3, 0.4) is 0 Å². The highest BCUT2D eigenvalue weighted by molar-refractivity contribution is 5.91. The van der Waals surface area contributed by atoms with Crippen LogP contribution in [0.25, 0.3) is 0 Å². The van der Waals surface area contributed by atoms with Crippen molar-refractivity contribution in [3.8, 4) is 0 Å². The fraction of sp³-hybridized carbons (Fsp3) is 0.500. The Balaban J connectivity index is 1.63. The van der Waals surface area contributed by atoms with Gasteiger partial charge in [0.2, 0.25) is 0 Å². The summed E-state index contributed by atoms with van der Waals surface area (Å²) >= 11 is 0. The number of carbonyl (C=O) groups is 1. The average Bonchev–Trinajstić information content (AvgIpc) is 2.87. The minimum Gasteiger partial charge on any atom is -0.357 e. The van der Waals surface area contributed by atoms with E-state index in [1.165, 1.54) is 6.33 Å². The van der Waals surface area contributed by atoms with Gasteiger partial charge >= 0.3 is 0 Å².